The third kappa shape index (κ3) is 54.2. The van der Waals surface area contributed by atoms with E-state index in [2.05, 4.69) is 69.4 Å². The van der Waals surface area contributed by atoms with Crippen LogP contribution in [0.2, 0.25) is 0 Å². The molecule has 3 atom stereocenters. The van der Waals surface area contributed by atoms with Crippen LogP contribution in [0.25, 0.3) is 0 Å². The smallest absolute Gasteiger partial charge is 0.462 e. The first-order chi connectivity index (χ1) is 36.2. The summed E-state index contributed by atoms with van der Waals surface area (Å²) in [5, 5.41) is 9.81. The summed E-state index contributed by atoms with van der Waals surface area (Å²) in [4.78, 5) is 48.6. The summed E-state index contributed by atoms with van der Waals surface area (Å²) in [7, 11) is -4.75. The van der Waals surface area contributed by atoms with Gasteiger partial charge in [0, 0.05) is 19.3 Å². The van der Waals surface area contributed by atoms with Crippen LogP contribution in [0, 0.1) is 0 Å². The highest BCUT2D eigenvalue weighted by Gasteiger charge is 2.28. The monoisotopic (exact) mass is 1060 g/mol. The number of unbranched alkanes of at least 4 members (excludes halogenated alkanes) is 32. The van der Waals surface area contributed by atoms with Crippen molar-refractivity contribution in [3.63, 3.8) is 0 Å². The molecule has 0 spiro atoms. The van der Waals surface area contributed by atoms with E-state index in [4.69, 9.17) is 23.3 Å². The quantitative estimate of drug-likeness (QED) is 0.0197. The molecular formula is C62H113O11P. The van der Waals surface area contributed by atoms with Crippen LogP contribution in [-0.2, 0) is 42.2 Å². The SMILES string of the molecule is CCC/C=C\C/C=C\CCCCCCCC(=O)OC(CO)COP(=O)(O)OCC(COC(=O)CCCCCCC/C=C\CCCCCCCC)OC(=O)CCCCCCCCCCC/C=C\CCCCCCCC. The van der Waals surface area contributed by atoms with Gasteiger partial charge in [-0.1, -0.05) is 223 Å². The summed E-state index contributed by atoms with van der Waals surface area (Å²) in [5.41, 5.74) is 0. The Kier molecular flexibility index (Phi) is 54.7. The lowest BCUT2D eigenvalue weighted by atomic mass is 10.1. The molecule has 0 fully saturated rings. The van der Waals surface area contributed by atoms with E-state index in [-0.39, 0.29) is 25.9 Å². The van der Waals surface area contributed by atoms with Gasteiger partial charge >= 0.3 is 25.7 Å². The van der Waals surface area contributed by atoms with Crippen molar-refractivity contribution >= 4 is 25.7 Å². The van der Waals surface area contributed by atoms with E-state index in [0.717, 1.165) is 103 Å². The first-order valence-electron chi connectivity index (χ1n) is 30.5. The predicted molar refractivity (Wildman–Crippen MR) is 307 cm³/mol. The maximum atomic E-state index is 12.9. The molecule has 3 unspecified atom stereocenters. The number of carbonyl (C=O) groups is 3. The number of phosphoric acid groups is 1. The molecule has 2 N–H and O–H groups in total. The Hall–Kier alpha value is -2.56. The summed E-state index contributed by atoms with van der Waals surface area (Å²) in [6.45, 7) is 4.58. The Balaban J connectivity index is 4.71. The number of hydrogen-bond donors (Lipinski definition) is 2. The molecule has 12 heteroatoms. The molecule has 0 bridgehead atoms. The zero-order chi connectivity index (χ0) is 54.1. The van der Waals surface area contributed by atoms with Gasteiger partial charge < -0.3 is 24.2 Å². The highest BCUT2D eigenvalue weighted by atomic mass is 31.2. The highest BCUT2D eigenvalue weighted by Crippen LogP contribution is 2.43. The maximum Gasteiger partial charge on any atom is 0.472 e. The van der Waals surface area contributed by atoms with Crippen LogP contribution in [0.1, 0.15) is 290 Å². The Morgan fingerprint density at radius 2 is 0.689 bits per heavy atom. The average Bonchev–Trinajstić information content (AvgIpc) is 3.39. The van der Waals surface area contributed by atoms with Gasteiger partial charge in [0.05, 0.1) is 19.8 Å². The number of ether oxygens (including phenoxy) is 3. The second-order valence-corrected chi connectivity index (χ2v) is 22.0. The fraction of sp³-hybridized carbons (Fsp3) is 0.823. The van der Waals surface area contributed by atoms with E-state index in [9.17, 15) is 28.9 Å². The minimum Gasteiger partial charge on any atom is -0.462 e. The number of carbonyl (C=O) groups excluding carboxylic acids is 3. The van der Waals surface area contributed by atoms with Crippen molar-refractivity contribution in [1.29, 1.82) is 0 Å². The van der Waals surface area contributed by atoms with Crippen LogP contribution in [0.5, 0.6) is 0 Å². The normalized spacial score (nSPS) is 13.6. The standard InChI is InChI=1S/C62H113O11P/c1-4-7-10-13-16-19-22-25-27-28-29-30-32-35-38-41-44-47-50-53-62(66)73-59(55-69-60(64)51-48-45-42-39-36-34-31-26-23-20-17-14-11-8-5-2)57-71-74(67,68)70-56-58(54-63)72-61(65)52-49-46-43-40-37-33-24-21-18-15-12-9-6-3/h12,15,21,24-27,31,58-59,63H,4-11,13-14,16-20,22-23,28-30,32-57H2,1-3H3,(H,67,68)/b15-12-,24-21-,27-25-,31-26-. The molecule has 0 rings (SSSR count). The molecule has 432 valence electrons. The molecular weight excluding hydrogens is 952 g/mol. The van der Waals surface area contributed by atoms with Crippen LogP contribution in [0.15, 0.2) is 48.6 Å². The number of aliphatic hydroxyl groups is 1. The van der Waals surface area contributed by atoms with Gasteiger partial charge in [-0.2, -0.15) is 0 Å². The van der Waals surface area contributed by atoms with Gasteiger partial charge in [0.2, 0.25) is 0 Å². The Morgan fingerprint density at radius 1 is 0.378 bits per heavy atom. The molecule has 0 heterocycles. The summed E-state index contributed by atoms with van der Waals surface area (Å²) >= 11 is 0. The molecule has 0 aromatic rings. The van der Waals surface area contributed by atoms with E-state index >= 15 is 0 Å². The third-order valence-electron chi connectivity index (χ3n) is 13.2. The van der Waals surface area contributed by atoms with E-state index in [1.165, 1.54) is 128 Å². The number of rotatable bonds is 57. The molecule has 0 aliphatic rings. The Morgan fingerprint density at radius 3 is 1.07 bits per heavy atom. The second-order valence-electron chi connectivity index (χ2n) is 20.5. The number of aliphatic hydroxyl groups excluding tert-OH is 1. The molecule has 11 nitrogen and oxygen atoms in total. The molecule has 0 aromatic heterocycles. The van der Waals surface area contributed by atoms with Crippen molar-refractivity contribution in [3.8, 4) is 0 Å². The molecule has 74 heavy (non-hydrogen) atoms. The number of phosphoric ester groups is 1. The van der Waals surface area contributed by atoms with Crippen LogP contribution in [-0.4, -0.2) is 66.5 Å². The third-order valence-corrected chi connectivity index (χ3v) is 14.1. The first kappa shape index (κ1) is 71.4. The highest BCUT2D eigenvalue weighted by molar-refractivity contribution is 7.47. The Bertz CT molecular complexity index is 1430. The van der Waals surface area contributed by atoms with Crippen molar-refractivity contribution in [3.05, 3.63) is 48.6 Å². The van der Waals surface area contributed by atoms with Gasteiger partial charge in [-0.3, -0.25) is 23.4 Å². The van der Waals surface area contributed by atoms with Crippen LogP contribution < -0.4 is 0 Å². The predicted octanol–water partition coefficient (Wildman–Crippen LogP) is 18.1. The van der Waals surface area contributed by atoms with Crippen molar-refractivity contribution in [1.82, 2.24) is 0 Å². The van der Waals surface area contributed by atoms with E-state index < -0.39 is 57.8 Å². The minimum absolute atomic E-state index is 0.161. The van der Waals surface area contributed by atoms with Crippen molar-refractivity contribution in [2.75, 3.05) is 26.4 Å². The summed E-state index contributed by atoms with van der Waals surface area (Å²) in [5.74, 6) is -1.48. The largest absolute Gasteiger partial charge is 0.472 e. The lowest BCUT2D eigenvalue weighted by Gasteiger charge is -2.21. The fourth-order valence-corrected chi connectivity index (χ4v) is 9.29. The van der Waals surface area contributed by atoms with Gasteiger partial charge in [0.15, 0.2) is 6.10 Å². The lowest BCUT2D eigenvalue weighted by molar-refractivity contribution is -0.161. The summed E-state index contributed by atoms with van der Waals surface area (Å²) in [6.07, 6.45) is 60.6. The van der Waals surface area contributed by atoms with E-state index in [0.29, 0.717) is 19.3 Å². The minimum atomic E-state index is -4.75. The number of esters is 3. The lowest BCUT2D eigenvalue weighted by Crippen LogP contribution is -2.30. The van der Waals surface area contributed by atoms with Crippen molar-refractivity contribution in [2.24, 2.45) is 0 Å². The average molecular weight is 1070 g/mol. The number of hydrogen-bond acceptors (Lipinski definition) is 10. The first-order valence-corrected chi connectivity index (χ1v) is 32.0. The van der Waals surface area contributed by atoms with Crippen molar-refractivity contribution < 1.29 is 52.2 Å². The van der Waals surface area contributed by atoms with Gasteiger partial charge in [0.25, 0.3) is 0 Å². The van der Waals surface area contributed by atoms with E-state index in [1.54, 1.807) is 0 Å². The van der Waals surface area contributed by atoms with Crippen LogP contribution in [0.4, 0.5) is 0 Å². The van der Waals surface area contributed by atoms with Gasteiger partial charge in [-0.15, -0.1) is 0 Å². The van der Waals surface area contributed by atoms with Crippen LogP contribution >= 0.6 is 7.82 Å². The molecule has 0 aromatic carbocycles. The molecule has 0 radical (unpaired) electrons. The van der Waals surface area contributed by atoms with Crippen LogP contribution in [0.3, 0.4) is 0 Å². The topological polar surface area (TPSA) is 155 Å². The zero-order valence-electron chi connectivity index (χ0n) is 47.8. The summed E-state index contributed by atoms with van der Waals surface area (Å²) in [6, 6.07) is 0. The number of allylic oxidation sites excluding steroid dienone is 8. The Labute approximate surface area is 453 Å². The molecule has 0 saturated heterocycles. The van der Waals surface area contributed by atoms with Gasteiger partial charge in [-0.05, 0) is 96.3 Å². The van der Waals surface area contributed by atoms with Gasteiger partial charge in [0.1, 0.15) is 12.7 Å². The van der Waals surface area contributed by atoms with Gasteiger partial charge in [-0.25, -0.2) is 4.57 Å². The molecule has 0 aliphatic carbocycles. The second kappa shape index (κ2) is 56.6. The van der Waals surface area contributed by atoms with Crippen molar-refractivity contribution in [2.45, 2.75) is 303 Å². The fourth-order valence-electron chi connectivity index (χ4n) is 8.50. The summed E-state index contributed by atoms with van der Waals surface area (Å²) < 4.78 is 39.6. The van der Waals surface area contributed by atoms with E-state index in [1.807, 2.05) is 0 Å². The molecule has 0 aliphatic heterocycles. The molecule has 0 saturated carbocycles. The zero-order valence-corrected chi connectivity index (χ0v) is 48.7. The maximum absolute atomic E-state index is 12.9. The molecule has 0 amide bonds.